The van der Waals surface area contributed by atoms with Gasteiger partial charge in [0.15, 0.2) is 0 Å². The van der Waals surface area contributed by atoms with E-state index in [4.69, 9.17) is 19.8 Å². The van der Waals surface area contributed by atoms with Gasteiger partial charge in [0.1, 0.15) is 0 Å². The van der Waals surface area contributed by atoms with Crippen molar-refractivity contribution >= 4 is 11.9 Å². The molecule has 0 unspecified atom stereocenters. The number of hydrogen-bond donors (Lipinski definition) is 0. The van der Waals surface area contributed by atoms with Crippen LogP contribution in [-0.4, -0.2) is 11.9 Å². The first kappa shape index (κ1) is 15.8. The molecule has 0 heterocycles. The SMILES string of the molecule is O=C([O-])C(=O)[O-].[Pt+].[Pt+]. The summed E-state index contributed by atoms with van der Waals surface area (Å²) in [6, 6.07) is 0. The minimum Gasteiger partial charge on any atom is -0.543 e. The molecule has 0 spiro atoms. The van der Waals surface area contributed by atoms with Gasteiger partial charge < -0.3 is 19.8 Å². The number of hydrogen-bond acceptors (Lipinski definition) is 4. The molecule has 0 N–H and O–H groups in total. The molecule has 52 valence electrons. The molecule has 0 aliphatic rings. The second-order valence-electron chi connectivity index (χ2n) is 0.575. The average Bonchev–Trinajstić information content (AvgIpc) is 1.36. The molecule has 2 radical (unpaired) electrons. The average molecular weight is 478 g/mol. The van der Waals surface area contributed by atoms with E-state index in [1.54, 1.807) is 0 Å². The molecule has 0 amide bonds. The van der Waals surface area contributed by atoms with Crippen LogP contribution in [0, 0.1) is 0 Å². The number of aliphatic carboxylic acids is 2. The van der Waals surface area contributed by atoms with Crippen LogP contribution < -0.4 is 10.2 Å². The normalized spacial score (nSPS) is 5.50. The summed E-state index contributed by atoms with van der Waals surface area (Å²) in [5.41, 5.74) is 0. The quantitative estimate of drug-likeness (QED) is 0.339. The van der Waals surface area contributed by atoms with Gasteiger partial charge >= 0.3 is 42.1 Å². The fraction of sp³-hybridized carbons (Fsp3) is 0. The fourth-order valence-corrected chi connectivity index (χ4v) is 0. The summed E-state index contributed by atoms with van der Waals surface area (Å²) in [6.07, 6.45) is 0. The van der Waals surface area contributed by atoms with E-state index < -0.39 is 11.9 Å². The Morgan fingerprint density at radius 2 is 1.00 bits per heavy atom. The molecule has 0 bridgehead atoms. The number of carboxylic acids is 2. The molecule has 0 aliphatic heterocycles. The second-order valence-corrected chi connectivity index (χ2v) is 0.575. The van der Waals surface area contributed by atoms with Crippen LogP contribution >= 0.6 is 0 Å². The predicted molar refractivity (Wildman–Crippen MR) is 10.0 cm³/mol. The first-order chi connectivity index (χ1) is 2.64. The maximum atomic E-state index is 8.93. The molecule has 0 aromatic carbocycles. The van der Waals surface area contributed by atoms with Gasteiger partial charge in [-0.15, -0.1) is 0 Å². The molecule has 8 heavy (non-hydrogen) atoms. The summed E-state index contributed by atoms with van der Waals surface area (Å²) in [6.45, 7) is 0. The summed E-state index contributed by atoms with van der Waals surface area (Å²) in [7, 11) is 0. The summed E-state index contributed by atoms with van der Waals surface area (Å²) in [5.74, 6) is -4.37. The van der Waals surface area contributed by atoms with Crippen molar-refractivity contribution in [1.82, 2.24) is 0 Å². The molecule has 4 nitrogen and oxygen atoms in total. The van der Waals surface area contributed by atoms with Gasteiger partial charge in [-0.1, -0.05) is 0 Å². The van der Waals surface area contributed by atoms with Crippen LogP contribution in [0.25, 0.3) is 0 Å². The van der Waals surface area contributed by atoms with Crippen molar-refractivity contribution in [2.24, 2.45) is 0 Å². The first-order valence-electron chi connectivity index (χ1n) is 1.07. The molecule has 0 aromatic heterocycles. The Labute approximate surface area is 73.8 Å². The Morgan fingerprint density at radius 1 is 0.875 bits per heavy atom. The van der Waals surface area contributed by atoms with Crippen molar-refractivity contribution in [3.05, 3.63) is 0 Å². The third-order valence-corrected chi connectivity index (χ3v) is 0.167. The van der Waals surface area contributed by atoms with E-state index in [0.29, 0.717) is 0 Å². The third-order valence-electron chi connectivity index (χ3n) is 0.167. The zero-order valence-electron chi connectivity index (χ0n) is 3.27. The number of rotatable bonds is 0. The van der Waals surface area contributed by atoms with Gasteiger partial charge in [0.2, 0.25) is 0 Å². The summed E-state index contributed by atoms with van der Waals surface area (Å²) in [4.78, 5) is 17.9. The predicted octanol–water partition coefficient (Wildman–Crippen LogP) is -3.52. The van der Waals surface area contributed by atoms with Gasteiger partial charge in [0.25, 0.3) is 0 Å². The van der Waals surface area contributed by atoms with E-state index in [9.17, 15) is 0 Å². The number of carbonyl (C=O) groups is 2. The van der Waals surface area contributed by atoms with Crippen LogP contribution in [0.1, 0.15) is 0 Å². The Kier molecular flexibility index (Phi) is 14.4. The van der Waals surface area contributed by atoms with E-state index in [2.05, 4.69) is 0 Å². The van der Waals surface area contributed by atoms with Crippen molar-refractivity contribution in [3.8, 4) is 0 Å². The Balaban J connectivity index is -0.000000125. The molecule has 0 rings (SSSR count). The molecular formula is C2O4Pt2. The van der Waals surface area contributed by atoms with Gasteiger partial charge in [0, 0.05) is 0 Å². The Morgan fingerprint density at radius 3 is 1.00 bits per heavy atom. The van der Waals surface area contributed by atoms with E-state index in [-0.39, 0.29) is 42.1 Å². The van der Waals surface area contributed by atoms with E-state index in [0.717, 1.165) is 0 Å². The van der Waals surface area contributed by atoms with Crippen LogP contribution in [0.5, 0.6) is 0 Å². The molecule has 0 fully saturated rings. The van der Waals surface area contributed by atoms with Gasteiger partial charge in [-0.05, 0) is 0 Å². The minimum atomic E-state index is -2.19. The van der Waals surface area contributed by atoms with Crippen LogP contribution in [0.3, 0.4) is 0 Å². The van der Waals surface area contributed by atoms with Gasteiger partial charge in [-0.3, -0.25) is 0 Å². The molecule has 0 saturated carbocycles. The fourth-order valence-electron chi connectivity index (χ4n) is 0. The Bertz CT molecular complexity index is 78.0. The van der Waals surface area contributed by atoms with E-state index in [1.165, 1.54) is 0 Å². The third kappa shape index (κ3) is 9.58. The van der Waals surface area contributed by atoms with Crippen molar-refractivity contribution in [2.75, 3.05) is 0 Å². The van der Waals surface area contributed by atoms with Crippen molar-refractivity contribution in [1.29, 1.82) is 0 Å². The largest absolute Gasteiger partial charge is 1.00 e. The molecule has 0 saturated heterocycles. The van der Waals surface area contributed by atoms with Crippen molar-refractivity contribution in [2.45, 2.75) is 0 Å². The zero-order chi connectivity index (χ0) is 5.15. The topological polar surface area (TPSA) is 80.3 Å². The molecular weight excluding hydrogens is 478 g/mol. The van der Waals surface area contributed by atoms with Gasteiger partial charge in [-0.25, -0.2) is 0 Å². The maximum Gasteiger partial charge on any atom is 1.00 e. The van der Waals surface area contributed by atoms with Crippen molar-refractivity contribution in [3.63, 3.8) is 0 Å². The van der Waals surface area contributed by atoms with E-state index >= 15 is 0 Å². The van der Waals surface area contributed by atoms with Crippen LogP contribution in [0.2, 0.25) is 0 Å². The molecule has 6 heteroatoms. The summed E-state index contributed by atoms with van der Waals surface area (Å²) in [5, 5.41) is 17.9. The number of carbonyl (C=O) groups excluding carboxylic acids is 2. The first-order valence-corrected chi connectivity index (χ1v) is 1.07. The van der Waals surface area contributed by atoms with Crippen LogP contribution in [0.15, 0.2) is 0 Å². The zero-order valence-corrected chi connectivity index (χ0v) is 7.81. The summed E-state index contributed by atoms with van der Waals surface area (Å²) < 4.78 is 0. The Hall–Kier alpha value is 0.317. The second kappa shape index (κ2) is 7.32. The van der Waals surface area contributed by atoms with Crippen LogP contribution in [-0.2, 0) is 51.7 Å². The van der Waals surface area contributed by atoms with Crippen LogP contribution in [0.4, 0.5) is 0 Å². The molecule has 0 atom stereocenters. The monoisotopic (exact) mass is 478 g/mol. The smallest absolute Gasteiger partial charge is 0.543 e. The summed E-state index contributed by atoms with van der Waals surface area (Å²) >= 11 is 0. The molecule has 0 aliphatic carbocycles. The van der Waals surface area contributed by atoms with Gasteiger partial charge in [0.05, 0.1) is 11.9 Å². The number of carboxylic acid groups (broad SMARTS) is 2. The molecule has 0 aromatic rings. The van der Waals surface area contributed by atoms with E-state index in [1.807, 2.05) is 0 Å². The maximum absolute atomic E-state index is 8.93. The van der Waals surface area contributed by atoms with Crippen molar-refractivity contribution < 1.29 is 61.9 Å². The minimum absolute atomic E-state index is 0. The standard InChI is InChI=1S/C2H2O4.2Pt/c3-1(4)2(5)6;;/h(H,3,4)(H,5,6);;/q;2*+1/p-2. The van der Waals surface area contributed by atoms with Gasteiger partial charge in [-0.2, -0.15) is 0 Å².